The molecule has 3 heteroatoms. The van der Waals surface area contributed by atoms with E-state index in [0.717, 1.165) is 21.9 Å². The van der Waals surface area contributed by atoms with Crippen molar-refractivity contribution in [2.45, 2.75) is 13.3 Å². The van der Waals surface area contributed by atoms with Crippen LogP contribution in [0.1, 0.15) is 12.5 Å². The van der Waals surface area contributed by atoms with Gasteiger partial charge in [-0.25, -0.2) is 0 Å². The first-order valence-electron chi connectivity index (χ1n) is 4.21. The number of nitrogens with zero attached hydrogens (tertiary/aromatic N) is 2. The summed E-state index contributed by atoms with van der Waals surface area (Å²) in [5, 5.41) is 0. The number of halogens is 1. The smallest absolute Gasteiger partial charge is 0.103 e. The van der Waals surface area contributed by atoms with E-state index < -0.39 is 0 Å². The van der Waals surface area contributed by atoms with E-state index in [9.17, 15) is 0 Å². The van der Waals surface area contributed by atoms with E-state index in [-0.39, 0.29) is 0 Å². The Morgan fingerprint density at radius 2 is 1.85 bits per heavy atom. The van der Waals surface area contributed by atoms with E-state index in [0.29, 0.717) is 0 Å². The summed E-state index contributed by atoms with van der Waals surface area (Å²) < 4.78 is 1.01. The standard InChI is InChI=1S/C10H9BrN2/c1-2-7-3-4-8(11)10-9(7)12-5-6-13-10/h3-6H,2H2,1H3. The third-order valence-electron chi connectivity index (χ3n) is 2.04. The Morgan fingerprint density at radius 1 is 1.15 bits per heavy atom. The second-order valence-corrected chi connectivity index (χ2v) is 3.67. The van der Waals surface area contributed by atoms with Gasteiger partial charge in [-0.05, 0) is 34.0 Å². The number of fused-ring (bicyclic) bond motifs is 1. The van der Waals surface area contributed by atoms with Gasteiger partial charge in [-0.1, -0.05) is 13.0 Å². The Kier molecular flexibility index (Phi) is 2.27. The molecule has 0 saturated carbocycles. The molecule has 0 bridgehead atoms. The number of rotatable bonds is 1. The monoisotopic (exact) mass is 236 g/mol. The van der Waals surface area contributed by atoms with Gasteiger partial charge in [-0.3, -0.25) is 9.97 Å². The maximum absolute atomic E-state index is 4.32. The van der Waals surface area contributed by atoms with E-state index >= 15 is 0 Å². The fourth-order valence-electron chi connectivity index (χ4n) is 1.36. The summed E-state index contributed by atoms with van der Waals surface area (Å²) in [5.41, 5.74) is 3.19. The third kappa shape index (κ3) is 1.44. The third-order valence-corrected chi connectivity index (χ3v) is 2.68. The average molecular weight is 237 g/mol. The van der Waals surface area contributed by atoms with Crippen LogP contribution in [0.15, 0.2) is 29.0 Å². The van der Waals surface area contributed by atoms with Crippen molar-refractivity contribution < 1.29 is 0 Å². The lowest BCUT2D eigenvalue weighted by molar-refractivity contribution is 1.13. The summed E-state index contributed by atoms with van der Waals surface area (Å²) in [6, 6.07) is 4.11. The van der Waals surface area contributed by atoms with Crippen LogP contribution >= 0.6 is 15.9 Å². The fraction of sp³-hybridized carbons (Fsp3) is 0.200. The summed E-state index contributed by atoms with van der Waals surface area (Å²) in [7, 11) is 0. The molecule has 66 valence electrons. The van der Waals surface area contributed by atoms with Gasteiger partial charge in [0.25, 0.3) is 0 Å². The number of hydrogen-bond donors (Lipinski definition) is 0. The van der Waals surface area contributed by atoms with Crippen LogP contribution in [0.4, 0.5) is 0 Å². The van der Waals surface area contributed by atoms with E-state index in [1.807, 2.05) is 6.07 Å². The van der Waals surface area contributed by atoms with Gasteiger partial charge in [0.2, 0.25) is 0 Å². The summed E-state index contributed by atoms with van der Waals surface area (Å²) in [6.45, 7) is 2.12. The highest BCUT2D eigenvalue weighted by Gasteiger charge is 2.03. The number of aryl methyl sites for hydroxylation is 1. The van der Waals surface area contributed by atoms with Crippen molar-refractivity contribution in [1.29, 1.82) is 0 Å². The first kappa shape index (κ1) is 8.63. The van der Waals surface area contributed by atoms with Gasteiger partial charge >= 0.3 is 0 Å². The first-order valence-corrected chi connectivity index (χ1v) is 5.00. The Morgan fingerprint density at radius 3 is 2.54 bits per heavy atom. The Balaban J connectivity index is 2.84. The Bertz CT molecular complexity index is 440. The molecule has 0 saturated heterocycles. The maximum atomic E-state index is 4.32. The van der Waals surface area contributed by atoms with E-state index in [1.54, 1.807) is 12.4 Å². The number of hydrogen-bond acceptors (Lipinski definition) is 2. The van der Waals surface area contributed by atoms with Crippen LogP contribution in [-0.4, -0.2) is 9.97 Å². The molecule has 0 spiro atoms. The molecular weight excluding hydrogens is 228 g/mol. The first-order chi connectivity index (χ1) is 6.33. The maximum Gasteiger partial charge on any atom is 0.103 e. The molecule has 0 amide bonds. The highest BCUT2D eigenvalue weighted by atomic mass is 79.9. The van der Waals surface area contributed by atoms with Gasteiger partial charge in [0.05, 0.1) is 5.52 Å². The molecule has 0 aliphatic carbocycles. The van der Waals surface area contributed by atoms with Crippen molar-refractivity contribution in [3.8, 4) is 0 Å². The molecule has 2 aromatic rings. The predicted molar refractivity (Wildman–Crippen MR) is 56.6 cm³/mol. The molecular formula is C10H9BrN2. The van der Waals surface area contributed by atoms with Crippen molar-refractivity contribution in [2.75, 3.05) is 0 Å². The summed E-state index contributed by atoms with van der Waals surface area (Å²) in [6.07, 6.45) is 4.43. The summed E-state index contributed by atoms with van der Waals surface area (Å²) in [4.78, 5) is 8.60. The van der Waals surface area contributed by atoms with Crippen LogP contribution in [0, 0.1) is 0 Å². The molecule has 0 fully saturated rings. The van der Waals surface area contributed by atoms with Crippen LogP contribution in [-0.2, 0) is 6.42 Å². The molecule has 13 heavy (non-hydrogen) atoms. The Labute approximate surface area is 85.1 Å². The van der Waals surface area contributed by atoms with Crippen LogP contribution < -0.4 is 0 Å². The minimum Gasteiger partial charge on any atom is -0.253 e. The Hall–Kier alpha value is -0.960. The zero-order chi connectivity index (χ0) is 9.26. The van der Waals surface area contributed by atoms with E-state index in [2.05, 4.69) is 38.9 Å². The summed E-state index contributed by atoms with van der Waals surface area (Å²) >= 11 is 3.46. The van der Waals surface area contributed by atoms with Gasteiger partial charge < -0.3 is 0 Å². The van der Waals surface area contributed by atoms with Crippen molar-refractivity contribution in [1.82, 2.24) is 9.97 Å². The molecule has 2 nitrogen and oxygen atoms in total. The summed E-state index contributed by atoms with van der Waals surface area (Å²) in [5.74, 6) is 0. The average Bonchev–Trinajstić information content (AvgIpc) is 2.19. The molecule has 0 aliphatic rings. The number of aromatic nitrogens is 2. The second-order valence-electron chi connectivity index (χ2n) is 2.81. The zero-order valence-electron chi connectivity index (χ0n) is 7.29. The highest BCUT2D eigenvalue weighted by Crippen LogP contribution is 2.23. The highest BCUT2D eigenvalue weighted by molar-refractivity contribution is 9.10. The van der Waals surface area contributed by atoms with Crippen molar-refractivity contribution in [2.24, 2.45) is 0 Å². The van der Waals surface area contributed by atoms with Crippen LogP contribution in [0.2, 0.25) is 0 Å². The van der Waals surface area contributed by atoms with Crippen molar-refractivity contribution >= 4 is 27.0 Å². The normalized spacial score (nSPS) is 10.6. The van der Waals surface area contributed by atoms with Gasteiger partial charge in [0, 0.05) is 16.9 Å². The van der Waals surface area contributed by atoms with Crippen molar-refractivity contribution in [3.05, 3.63) is 34.6 Å². The zero-order valence-corrected chi connectivity index (χ0v) is 8.87. The molecule has 1 aromatic carbocycles. The topological polar surface area (TPSA) is 25.8 Å². The van der Waals surface area contributed by atoms with E-state index in [4.69, 9.17) is 0 Å². The predicted octanol–water partition coefficient (Wildman–Crippen LogP) is 2.95. The lowest BCUT2D eigenvalue weighted by Gasteiger charge is -2.03. The molecule has 0 aliphatic heterocycles. The SMILES string of the molecule is CCc1ccc(Br)c2nccnc12. The van der Waals surface area contributed by atoms with Gasteiger partial charge in [0.15, 0.2) is 0 Å². The molecule has 1 heterocycles. The van der Waals surface area contributed by atoms with Gasteiger partial charge in [0.1, 0.15) is 5.52 Å². The van der Waals surface area contributed by atoms with Gasteiger partial charge in [-0.15, -0.1) is 0 Å². The molecule has 0 radical (unpaired) electrons. The lowest BCUT2D eigenvalue weighted by atomic mass is 10.1. The minimum absolute atomic E-state index is 0.946. The van der Waals surface area contributed by atoms with E-state index in [1.165, 1.54) is 5.56 Å². The molecule has 1 aromatic heterocycles. The minimum atomic E-state index is 0.946. The molecule has 0 N–H and O–H groups in total. The molecule has 0 unspecified atom stereocenters. The molecule has 0 atom stereocenters. The fourth-order valence-corrected chi connectivity index (χ4v) is 1.79. The van der Waals surface area contributed by atoms with Gasteiger partial charge in [-0.2, -0.15) is 0 Å². The largest absolute Gasteiger partial charge is 0.253 e. The second kappa shape index (κ2) is 3.42. The van der Waals surface area contributed by atoms with Crippen molar-refractivity contribution in [3.63, 3.8) is 0 Å². The molecule has 2 rings (SSSR count). The van der Waals surface area contributed by atoms with Crippen LogP contribution in [0.3, 0.4) is 0 Å². The van der Waals surface area contributed by atoms with Crippen LogP contribution in [0.25, 0.3) is 11.0 Å². The lowest BCUT2D eigenvalue weighted by Crippen LogP contribution is -1.89. The van der Waals surface area contributed by atoms with Crippen LogP contribution in [0.5, 0.6) is 0 Å². The quantitative estimate of drug-likeness (QED) is 0.761. The number of benzene rings is 1.